The molecule has 0 saturated carbocycles. The fourth-order valence-electron chi connectivity index (χ4n) is 1.68. The normalized spacial score (nSPS) is 11.1. The van der Waals surface area contributed by atoms with Crippen molar-refractivity contribution >= 4 is 31.9 Å². The average molecular weight is 354 g/mol. The van der Waals surface area contributed by atoms with Crippen LogP contribution in [0.5, 0.6) is 0 Å². The molecule has 1 N–H and O–H groups in total. The molecular weight excluding hydrogens is 342 g/mol. The van der Waals surface area contributed by atoms with Crippen molar-refractivity contribution in [2.24, 2.45) is 0 Å². The van der Waals surface area contributed by atoms with Crippen LogP contribution in [-0.4, -0.2) is 20.6 Å². The van der Waals surface area contributed by atoms with Crippen LogP contribution in [0.15, 0.2) is 53.0 Å². The molecule has 2 aromatic carbocycles. The van der Waals surface area contributed by atoms with E-state index in [4.69, 9.17) is 0 Å². The van der Waals surface area contributed by atoms with Gasteiger partial charge < -0.3 is 0 Å². The summed E-state index contributed by atoms with van der Waals surface area (Å²) >= 11 is 3.37. The summed E-state index contributed by atoms with van der Waals surface area (Å²) in [5.74, 6) is -0.630. The van der Waals surface area contributed by atoms with Gasteiger partial charge in [0, 0.05) is 10.0 Å². The van der Waals surface area contributed by atoms with Gasteiger partial charge in [0.1, 0.15) is 0 Å². The highest BCUT2D eigenvalue weighted by Crippen LogP contribution is 2.22. The topological polar surface area (TPSA) is 63.2 Å². The summed E-state index contributed by atoms with van der Waals surface area (Å²) in [4.78, 5) is 11.7. The molecule has 0 fully saturated rings. The first-order valence-electron chi connectivity index (χ1n) is 5.73. The molecule has 2 rings (SSSR count). The van der Waals surface area contributed by atoms with E-state index in [2.05, 4.69) is 15.9 Å². The van der Waals surface area contributed by atoms with Crippen molar-refractivity contribution in [1.82, 2.24) is 4.72 Å². The first kappa shape index (κ1) is 14.7. The fraction of sp³-hybridized carbons (Fsp3) is 0.0714. The second kappa shape index (κ2) is 5.76. The number of hydrogen-bond acceptors (Lipinski definition) is 3. The third kappa shape index (κ3) is 3.91. The van der Waals surface area contributed by atoms with Crippen LogP contribution in [0.3, 0.4) is 0 Å². The summed E-state index contributed by atoms with van der Waals surface area (Å²) in [7, 11) is -3.54. The molecule has 0 heterocycles. The number of carbonyl (C=O) groups excluding carboxylic acids is 1. The molecule has 0 radical (unpaired) electrons. The van der Waals surface area contributed by atoms with Gasteiger partial charge in [-0.15, -0.1) is 0 Å². The standard InChI is InChI=1S/C14H12BrNO3S/c1-20(18,19)16-14(17)12-4-2-10(3-5-12)11-6-8-13(15)9-7-11/h2-9H,1H3,(H,16,17). The largest absolute Gasteiger partial charge is 0.268 e. The van der Waals surface area contributed by atoms with Crippen LogP contribution in [0, 0.1) is 0 Å². The van der Waals surface area contributed by atoms with Crippen LogP contribution in [0.2, 0.25) is 0 Å². The summed E-state index contributed by atoms with van der Waals surface area (Å²) < 4.78 is 24.9. The number of carbonyl (C=O) groups is 1. The molecule has 0 unspecified atom stereocenters. The van der Waals surface area contributed by atoms with Gasteiger partial charge in [-0.3, -0.25) is 4.79 Å². The molecule has 2 aromatic rings. The Morgan fingerprint density at radius 2 is 1.40 bits per heavy atom. The van der Waals surface area contributed by atoms with Gasteiger partial charge in [0.2, 0.25) is 10.0 Å². The lowest BCUT2D eigenvalue weighted by atomic mass is 10.0. The first-order valence-corrected chi connectivity index (χ1v) is 8.42. The Morgan fingerprint density at radius 3 is 1.85 bits per heavy atom. The molecule has 0 atom stereocenters. The molecule has 0 spiro atoms. The highest BCUT2D eigenvalue weighted by atomic mass is 79.9. The van der Waals surface area contributed by atoms with Gasteiger partial charge in [0.05, 0.1) is 6.26 Å². The Kier molecular flexibility index (Phi) is 4.25. The first-order chi connectivity index (χ1) is 9.35. The van der Waals surface area contributed by atoms with Gasteiger partial charge in [-0.2, -0.15) is 0 Å². The van der Waals surface area contributed by atoms with Crippen LogP contribution < -0.4 is 4.72 Å². The second-order valence-electron chi connectivity index (χ2n) is 4.29. The molecule has 0 aliphatic rings. The molecule has 4 nitrogen and oxygen atoms in total. The van der Waals surface area contributed by atoms with Crippen molar-refractivity contribution in [2.45, 2.75) is 0 Å². The van der Waals surface area contributed by atoms with Crippen molar-refractivity contribution < 1.29 is 13.2 Å². The molecule has 0 aliphatic carbocycles. The summed E-state index contributed by atoms with van der Waals surface area (Å²) in [6, 6.07) is 14.5. The number of hydrogen-bond donors (Lipinski definition) is 1. The van der Waals surface area contributed by atoms with Crippen molar-refractivity contribution in [3.63, 3.8) is 0 Å². The van der Waals surface area contributed by atoms with Crippen LogP contribution >= 0.6 is 15.9 Å². The van der Waals surface area contributed by atoms with Gasteiger partial charge >= 0.3 is 0 Å². The van der Waals surface area contributed by atoms with Gasteiger partial charge in [-0.05, 0) is 35.4 Å². The summed E-state index contributed by atoms with van der Waals surface area (Å²) in [6.45, 7) is 0. The zero-order chi connectivity index (χ0) is 14.8. The van der Waals surface area contributed by atoms with Gasteiger partial charge in [-0.1, -0.05) is 40.2 Å². The quantitative estimate of drug-likeness (QED) is 0.922. The highest BCUT2D eigenvalue weighted by Gasteiger charge is 2.10. The van der Waals surface area contributed by atoms with E-state index in [1.807, 2.05) is 29.0 Å². The van der Waals surface area contributed by atoms with E-state index >= 15 is 0 Å². The zero-order valence-corrected chi connectivity index (χ0v) is 13.0. The average Bonchev–Trinajstić information content (AvgIpc) is 2.38. The smallest absolute Gasteiger partial charge is 0.264 e. The second-order valence-corrected chi connectivity index (χ2v) is 6.95. The van der Waals surface area contributed by atoms with Gasteiger partial charge in [-0.25, -0.2) is 13.1 Å². The Balaban J connectivity index is 2.22. The third-order valence-electron chi connectivity index (χ3n) is 2.60. The Morgan fingerprint density at radius 1 is 0.950 bits per heavy atom. The van der Waals surface area contributed by atoms with E-state index in [9.17, 15) is 13.2 Å². The molecule has 104 valence electrons. The van der Waals surface area contributed by atoms with Crippen LogP contribution in [0.4, 0.5) is 0 Å². The van der Waals surface area contributed by atoms with Crippen molar-refractivity contribution in [2.75, 3.05) is 6.26 Å². The Bertz CT molecular complexity index is 722. The molecular formula is C14H12BrNO3S. The van der Waals surface area contributed by atoms with E-state index in [0.717, 1.165) is 21.9 Å². The third-order valence-corrected chi connectivity index (χ3v) is 3.69. The summed E-state index contributed by atoms with van der Waals surface area (Å²) in [5.41, 5.74) is 2.27. The number of halogens is 1. The molecule has 0 aliphatic heterocycles. The predicted octanol–water partition coefficient (Wildman–Crippen LogP) is 2.81. The highest BCUT2D eigenvalue weighted by molar-refractivity contribution is 9.10. The maximum atomic E-state index is 11.7. The SMILES string of the molecule is CS(=O)(=O)NC(=O)c1ccc(-c2ccc(Br)cc2)cc1. The number of benzene rings is 2. The molecule has 20 heavy (non-hydrogen) atoms. The fourth-order valence-corrected chi connectivity index (χ4v) is 2.40. The monoisotopic (exact) mass is 353 g/mol. The molecule has 0 bridgehead atoms. The van der Waals surface area contributed by atoms with E-state index < -0.39 is 15.9 Å². The lowest BCUT2D eigenvalue weighted by molar-refractivity contribution is 0.0981. The minimum absolute atomic E-state index is 0.302. The van der Waals surface area contributed by atoms with E-state index in [-0.39, 0.29) is 0 Å². The van der Waals surface area contributed by atoms with Gasteiger partial charge in [0.15, 0.2) is 0 Å². The van der Waals surface area contributed by atoms with E-state index in [1.54, 1.807) is 24.3 Å². The van der Waals surface area contributed by atoms with Crippen molar-refractivity contribution in [3.05, 3.63) is 58.6 Å². The maximum absolute atomic E-state index is 11.7. The van der Waals surface area contributed by atoms with E-state index in [1.165, 1.54) is 0 Å². The number of sulfonamides is 1. The maximum Gasteiger partial charge on any atom is 0.264 e. The Labute approximate surface area is 126 Å². The lowest BCUT2D eigenvalue weighted by Gasteiger charge is -2.05. The molecule has 0 aromatic heterocycles. The van der Waals surface area contributed by atoms with Gasteiger partial charge in [0.25, 0.3) is 5.91 Å². The molecule has 6 heteroatoms. The summed E-state index contributed by atoms with van der Waals surface area (Å²) in [5, 5.41) is 0. The van der Waals surface area contributed by atoms with Crippen molar-refractivity contribution in [1.29, 1.82) is 0 Å². The van der Waals surface area contributed by atoms with Crippen LogP contribution in [0.1, 0.15) is 10.4 Å². The van der Waals surface area contributed by atoms with Crippen LogP contribution in [0.25, 0.3) is 11.1 Å². The zero-order valence-electron chi connectivity index (χ0n) is 10.6. The summed E-state index contributed by atoms with van der Waals surface area (Å²) in [6.07, 6.45) is 0.946. The van der Waals surface area contributed by atoms with Crippen LogP contribution in [-0.2, 0) is 10.0 Å². The minimum atomic E-state index is -3.54. The minimum Gasteiger partial charge on any atom is -0.268 e. The molecule has 1 amide bonds. The number of nitrogens with one attached hydrogen (secondary N) is 1. The van der Waals surface area contributed by atoms with E-state index in [0.29, 0.717) is 5.56 Å². The number of amides is 1. The predicted molar refractivity (Wildman–Crippen MR) is 81.9 cm³/mol. The Hall–Kier alpha value is -1.66. The van der Waals surface area contributed by atoms with Crippen molar-refractivity contribution in [3.8, 4) is 11.1 Å². The lowest BCUT2D eigenvalue weighted by Crippen LogP contribution is -2.29. The molecule has 0 saturated heterocycles. The number of rotatable bonds is 3.